The summed E-state index contributed by atoms with van der Waals surface area (Å²) in [6, 6.07) is 9.69. The largest absolute Gasteiger partial charge is 0.339 e. The standard InChI is InChI=1S/C18H23N3O.2ClH/c1-19-10-6-14-7-11-21(12-8-14)18(22)16-4-5-17-15(13-16)3-2-9-20-17;;/h2-5,9,13-14,19H,6-8,10-12H2,1H3;2*1H. The summed E-state index contributed by atoms with van der Waals surface area (Å²) in [4.78, 5) is 19.0. The van der Waals surface area contributed by atoms with E-state index < -0.39 is 0 Å². The van der Waals surface area contributed by atoms with Crippen molar-refractivity contribution in [3.05, 3.63) is 42.1 Å². The first-order valence-electron chi connectivity index (χ1n) is 8.06. The number of hydrogen-bond acceptors (Lipinski definition) is 3. The van der Waals surface area contributed by atoms with Crippen molar-refractivity contribution in [3.8, 4) is 0 Å². The Bertz CT molecular complexity index is 658. The Morgan fingerprint density at radius 2 is 2.00 bits per heavy atom. The van der Waals surface area contributed by atoms with Crippen molar-refractivity contribution in [2.75, 3.05) is 26.7 Å². The first-order chi connectivity index (χ1) is 10.8. The van der Waals surface area contributed by atoms with Gasteiger partial charge in [0.25, 0.3) is 5.91 Å². The van der Waals surface area contributed by atoms with Gasteiger partial charge >= 0.3 is 0 Å². The predicted octanol–water partition coefficient (Wildman–Crippen LogP) is 3.54. The molecule has 1 N–H and O–H groups in total. The SMILES string of the molecule is CNCCC1CCN(C(=O)c2ccc3ncccc3c2)CC1.Cl.Cl. The Labute approximate surface area is 155 Å². The Balaban J connectivity index is 0.00000144. The van der Waals surface area contributed by atoms with Crippen molar-refractivity contribution in [2.45, 2.75) is 19.3 Å². The van der Waals surface area contributed by atoms with Crippen molar-refractivity contribution in [2.24, 2.45) is 5.92 Å². The normalized spacial score (nSPS) is 14.8. The number of hydrogen-bond donors (Lipinski definition) is 1. The molecule has 1 amide bonds. The molecule has 0 spiro atoms. The molecular formula is C18H25Cl2N3O. The molecule has 0 aliphatic carbocycles. The topological polar surface area (TPSA) is 45.2 Å². The Morgan fingerprint density at radius 3 is 2.71 bits per heavy atom. The van der Waals surface area contributed by atoms with E-state index in [-0.39, 0.29) is 30.7 Å². The molecule has 1 aromatic heterocycles. The van der Waals surface area contributed by atoms with Crippen LogP contribution in [-0.2, 0) is 0 Å². The minimum absolute atomic E-state index is 0. The monoisotopic (exact) mass is 369 g/mol. The molecular weight excluding hydrogens is 345 g/mol. The summed E-state index contributed by atoms with van der Waals surface area (Å²) in [6.45, 7) is 2.81. The Hall–Kier alpha value is -1.36. The van der Waals surface area contributed by atoms with E-state index in [1.54, 1.807) is 6.20 Å². The summed E-state index contributed by atoms with van der Waals surface area (Å²) in [5, 5.41) is 4.23. The molecule has 132 valence electrons. The Kier molecular flexibility index (Phi) is 8.46. The van der Waals surface area contributed by atoms with E-state index in [9.17, 15) is 4.79 Å². The molecule has 6 heteroatoms. The minimum Gasteiger partial charge on any atom is -0.339 e. The second-order valence-electron chi connectivity index (χ2n) is 6.04. The fourth-order valence-corrected chi connectivity index (χ4v) is 3.16. The van der Waals surface area contributed by atoms with Crippen molar-refractivity contribution in [1.29, 1.82) is 0 Å². The van der Waals surface area contributed by atoms with E-state index in [1.807, 2.05) is 42.3 Å². The van der Waals surface area contributed by atoms with Gasteiger partial charge in [-0.1, -0.05) is 6.07 Å². The lowest BCUT2D eigenvalue weighted by Crippen LogP contribution is -2.38. The molecule has 0 bridgehead atoms. The van der Waals surface area contributed by atoms with Gasteiger partial charge in [0.05, 0.1) is 5.52 Å². The Morgan fingerprint density at radius 1 is 1.25 bits per heavy atom. The lowest BCUT2D eigenvalue weighted by atomic mass is 9.93. The molecule has 1 saturated heterocycles. The van der Waals surface area contributed by atoms with Crippen LogP contribution in [0.5, 0.6) is 0 Å². The molecule has 2 aromatic rings. The zero-order chi connectivity index (χ0) is 15.4. The molecule has 2 heterocycles. The molecule has 1 aromatic carbocycles. The number of nitrogens with zero attached hydrogens (tertiary/aromatic N) is 2. The number of halogens is 2. The first-order valence-corrected chi connectivity index (χ1v) is 8.06. The van der Waals surface area contributed by atoms with Gasteiger partial charge in [-0.05, 0) is 63.0 Å². The summed E-state index contributed by atoms with van der Waals surface area (Å²) in [6.07, 6.45) is 5.21. The average Bonchev–Trinajstić information content (AvgIpc) is 2.59. The molecule has 1 aliphatic rings. The highest BCUT2D eigenvalue weighted by Gasteiger charge is 2.23. The van der Waals surface area contributed by atoms with Gasteiger partial charge in [-0.15, -0.1) is 24.8 Å². The van der Waals surface area contributed by atoms with Crippen LogP contribution in [0.15, 0.2) is 36.5 Å². The summed E-state index contributed by atoms with van der Waals surface area (Å²) in [5.41, 5.74) is 1.71. The molecule has 0 saturated carbocycles. The van der Waals surface area contributed by atoms with Gasteiger partial charge < -0.3 is 10.2 Å². The van der Waals surface area contributed by atoms with Gasteiger partial charge in [-0.25, -0.2) is 0 Å². The van der Waals surface area contributed by atoms with E-state index in [1.165, 1.54) is 6.42 Å². The number of benzene rings is 1. The number of amides is 1. The van der Waals surface area contributed by atoms with Crippen LogP contribution in [-0.4, -0.2) is 42.5 Å². The van der Waals surface area contributed by atoms with E-state index in [0.717, 1.165) is 54.9 Å². The highest BCUT2D eigenvalue weighted by molar-refractivity contribution is 5.98. The van der Waals surface area contributed by atoms with Crippen LogP contribution >= 0.6 is 24.8 Å². The highest BCUT2D eigenvalue weighted by Crippen LogP contribution is 2.22. The lowest BCUT2D eigenvalue weighted by Gasteiger charge is -2.32. The van der Waals surface area contributed by atoms with Crippen LogP contribution in [0.3, 0.4) is 0 Å². The first kappa shape index (κ1) is 20.7. The maximum atomic E-state index is 12.7. The van der Waals surface area contributed by atoms with Crippen molar-refractivity contribution in [1.82, 2.24) is 15.2 Å². The third kappa shape index (κ3) is 4.82. The van der Waals surface area contributed by atoms with Crippen LogP contribution in [0, 0.1) is 5.92 Å². The predicted molar refractivity (Wildman–Crippen MR) is 103 cm³/mol. The quantitative estimate of drug-likeness (QED) is 0.896. The number of pyridine rings is 1. The van der Waals surface area contributed by atoms with Crippen LogP contribution in [0.25, 0.3) is 10.9 Å². The second kappa shape index (κ2) is 9.82. The highest BCUT2D eigenvalue weighted by atomic mass is 35.5. The summed E-state index contributed by atoms with van der Waals surface area (Å²) >= 11 is 0. The molecule has 0 atom stereocenters. The summed E-state index contributed by atoms with van der Waals surface area (Å²) < 4.78 is 0. The van der Waals surface area contributed by atoms with E-state index >= 15 is 0 Å². The minimum atomic E-state index is 0. The smallest absolute Gasteiger partial charge is 0.253 e. The van der Waals surface area contributed by atoms with Gasteiger partial charge in [-0.2, -0.15) is 0 Å². The third-order valence-corrected chi connectivity index (χ3v) is 4.55. The molecule has 1 fully saturated rings. The summed E-state index contributed by atoms with van der Waals surface area (Å²) in [5.74, 6) is 0.898. The molecule has 3 rings (SSSR count). The van der Waals surface area contributed by atoms with Gasteiger partial charge in [0.2, 0.25) is 0 Å². The number of carbonyl (C=O) groups excluding carboxylic acids is 1. The zero-order valence-electron chi connectivity index (χ0n) is 13.9. The molecule has 0 unspecified atom stereocenters. The van der Waals surface area contributed by atoms with Crippen molar-refractivity contribution >= 4 is 41.6 Å². The maximum Gasteiger partial charge on any atom is 0.253 e. The molecule has 4 nitrogen and oxygen atoms in total. The number of piperidine rings is 1. The van der Waals surface area contributed by atoms with Crippen LogP contribution in [0.1, 0.15) is 29.6 Å². The van der Waals surface area contributed by atoms with Gasteiger partial charge in [0.1, 0.15) is 0 Å². The van der Waals surface area contributed by atoms with E-state index in [4.69, 9.17) is 0 Å². The fourth-order valence-electron chi connectivity index (χ4n) is 3.16. The van der Waals surface area contributed by atoms with E-state index in [0.29, 0.717) is 0 Å². The van der Waals surface area contributed by atoms with Crippen molar-refractivity contribution < 1.29 is 4.79 Å². The van der Waals surface area contributed by atoms with E-state index in [2.05, 4.69) is 10.3 Å². The number of carbonyl (C=O) groups is 1. The van der Waals surface area contributed by atoms with Gasteiger partial charge in [0.15, 0.2) is 0 Å². The lowest BCUT2D eigenvalue weighted by molar-refractivity contribution is 0.0687. The van der Waals surface area contributed by atoms with Crippen LogP contribution in [0.4, 0.5) is 0 Å². The number of rotatable bonds is 4. The van der Waals surface area contributed by atoms with Crippen LogP contribution in [0.2, 0.25) is 0 Å². The van der Waals surface area contributed by atoms with Gasteiger partial charge in [0, 0.05) is 30.2 Å². The fraction of sp³-hybridized carbons (Fsp3) is 0.444. The number of nitrogens with one attached hydrogen (secondary N) is 1. The molecule has 1 aliphatic heterocycles. The molecule has 0 radical (unpaired) electrons. The zero-order valence-corrected chi connectivity index (χ0v) is 15.5. The second-order valence-corrected chi connectivity index (χ2v) is 6.04. The summed E-state index contributed by atoms with van der Waals surface area (Å²) in [7, 11) is 1.99. The van der Waals surface area contributed by atoms with Crippen molar-refractivity contribution in [3.63, 3.8) is 0 Å². The number of aromatic nitrogens is 1. The number of fused-ring (bicyclic) bond motifs is 1. The maximum absolute atomic E-state index is 12.7. The number of likely N-dealkylation sites (tertiary alicyclic amines) is 1. The average molecular weight is 370 g/mol. The molecule has 24 heavy (non-hydrogen) atoms. The third-order valence-electron chi connectivity index (χ3n) is 4.55. The van der Waals surface area contributed by atoms with Crippen LogP contribution < -0.4 is 5.32 Å². The van der Waals surface area contributed by atoms with Gasteiger partial charge in [-0.3, -0.25) is 9.78 Å².